The Labute approximate surface area is 180 Å². The fraction of sp³-hybridized carbons (Fsp3) is 0.632. The van der Waals surface area contributed by atoms with Gasteiger partial charge in [-0.05, 0) is 50.1 Å². The predicted octanol–water partition coefficient (Wildman–Crippen LogP) is 3.83. The van der Waals surface area contributed by atoms with Crippen molar-refractivity contribution < 1.29 is 9.47 Å². The number of thioether (sulfide) groups is 1. The highest BCUT2D eigenvalue weighted by Gasteiger charge is 2.03. The molecule has 0 spiro atoms. The van der Waals surface area contributed by atoms with Gasteiger partial charge in [-0.15, -0.1) is 35.7 Å². The molecule has 0 saturated carbocycles. The number of aryl methyl sites for hydroxylation is 1. The summed E-state index contributed by atoms with van der Waals surface area (Å²) in [5, 5.41) is 6.70. The largest absolute Gasteiger partial charge is 0.382 e. The number of aliphatic imine (C=N–C) groups is 1. The number of hydrogen-bond acceptors (Lipinski definition) is 4. The first-order chi connectivity index (χ1) is 12.2. The number of ether oxygens (including phenoxy) is 2. The van der Waals surface area contributed by atoms with Crippen LogP contribution in [0.5, 0.6) is 0 Å². The molecule has 0 unspecified atom stereocenters. The Morgan fingerprint density at radius 1 is 1.15 bits per heavy atom. The lowest BCUT2D eigenvalue weighted by Crippen LogP contribution is -2.37. The van der Waals surface area contributed by atoms with Crippen LogP contribution in [0.2, 0.25) is 0 Å². The van der Waals surface area contributed by atoms with Gasteiger partial charge >= 0.3 is 0 Å². The molecule has 0 aromatic heterocycles. The van der Waals surface area contributed by atoms with E-state index in [1.165, 1.54) is 16.0 Å². The molecule has 0 fully saturated rings. The van der Waals surface area contributed by atoms with Crippen LogP contribution < -0.4 is 10.6 Å². The molecule has 7 heteroatoms. The minimum absolute atomic E-state index is 0. The zero-order valence-electron chi connectivity index (χ0n) is 16.5. The maximum absolute atomic E-state index is 5.47. The number of nitrogens with zero attached hydrogens (tertiary/aromatic N) is 1. The van der Waals surface area contributed by atoms with Gasteiger partial charge in [0.15, 0.2) is 5.96 Å². The Hall–Kier alpha value is -0.510. The van der Waals surface area contributed by atoms with Gasteiger partial charge < -0.3 is 20.1 Å². The van der Waals surface area contributed by atoms with Crippen molar-refractivity contribution in [3.8, 4) is 0 Å². The van der Waals surface area contributed by atoms with E-state index < -0.39 is 0 Å². The molecule has 1 aromatic carbocycles. The third kappa shape index (κ3) is 11.3. The number of halogens is 1. The molecule has 0 atom stereocenters. The standard InChI is InChI=1S/C19H33N3O2S.HI/c1-5-20-19(21-10-6-7-11-24-13-12-23-3)22-15-17-9-8-16(2)14-18(17)25-4;/h8-9,14H,5-7,10-13,15H2,1-4H3,(H2,20,21,22);1H. The van der Waals surface area contributed by atoms with Gasteiger partial charge in [0.2, 0.25) is 0 Å². The number of rotatable bonds is 12. The number of unbranched alkanes of at least 4 members (excludes halogenated alkanes) is 1. The van der Waals surface area contributed by atoms with Crippen molar-refractivity contribution in [3.63, 3.8) is 0 Å². The number of methoxy groups -OCH3 is 1. The van der Waals surface area contributed by atoms with Crippen LogP contribution in [0.1, 0.15) is 30.9 Å². The Bertz CT molecular complexity index is 516. The summed E-state index contributed by atoms with van der Waals surface area (Å²) in [5.41, 5.74) is 2.55. The Balaban J connectivity index is 0.00000625. The fourth-order valence-corrected chi connectivity index (χ4v) is 2.97. The maximum atomic E-state index is 5.47. The van der Waals surface area contributed by atoms with Crippen LogP contribution in [0.15, 0.2) is 28.1 Å². The van der Waals surface area contributed by atoms with Gasteiger partial charge in [0, 0.05) is 31.7 Å². The number of nitrogens with one attached hydrogen (secondary N) is 2. The maximum Gasteiger partial charge on any atom is 0.191 e. The molecule has 0 aliphatic carbocycles. The summed E-state index contributed by atoms with van der Waals surface area (Å²) in [6, 6.07) is 6.54. The number of benzene rings is 1. The van der Waals surface area contributed by atoms with E-state index in [4.69, 9.17) is 14.5 Å². The highest BCUT2D eigenvalue weighted by molar-refractivity contribution is 14.0. The molecule has 0 aliphatic rings. The van der Waals surface area contributed by atoms with Crippen LogP contribution in [0.3, 0.4) is 0 Å². The Morgan fingerprint density at radius 2 is 1.96 bits per heavy atom. The van der Waals surface area contributed by atoms with Crippen LogP contribution in [0.4, 0.5) is 0 Å². The van der Waals surface area contributed by atoms with E-state index in [1.807, 2.05) is 0 Å². The van der Waals surface area contributed by atoms with Crippen molar-refractivity contribution in [2.45, 2.75) is 38.1 Å². The van der Waals surface area contributed by atoms with Crippen LogP contribution in [0, 0.1) is 6.92 Å². The predicted molar refractivity (Wildman–Crippen MR) is 123 cm³/mol. The normalized spacial score (nSPS) is 11.2. The SMILES string of the molecule is CCNC(=NCc1ccc(C)cc1SC)NCCCCOCCOC.I. The van der Waals surface area contributed by atoms with Gasteiger partial charge in [0.1, 0.15) is 0 Å². The smallest absolute Gasteiger partial charge is 0.191 e. The van der Waals surface area contributed by atoms with E-state index in [0.717, 1.165) is 38.5 Å². The third-order valence-electron chi connectivity index (χ3n) is 3.63. The second kappa shape index (κ2) is 16.6. The van der Waals surface area contributed by atoms with E-state index in [0.29, 0.717) is 19.8 Å². The van der Waals surface area contributed by atoms with Crippen LogP contribution in [0.25, 0.3) is 0 Å². The van der Waals surface area contributed by atoms with Crippen molar-refractivity contribution in [3.05, 3.63) is 29.3 Å². The summed E-state index contributed by atoms with van der Waals surface area (Å²) in [5.74, 6) is 0.871. The van der Waals surface area contributed by atoms with Gasteiger partial charge in [0.25, 0.3) is 0 Å². The molecule has 0 radical (unpaired) electrons. The summed E-state index contributed by atoms with van der Waals surface area (Å²) in [7, 11) is 1.69. The minimum atomic E-state index is 0. The van der Waals surface area contributed by atoms with Crippen molar-refractivity contribution in [2.24, 2.45) is 4.99 Å². The van der Waals surface area contributed by atoms with Gasteiger partial charge in [-0.25, -0.2) is 4.99 Å². The highest BCUT2D eigenvalue weighted by atomic mass is 127. The molecule has 0 aliphatic heterocycles. The fourth-order valence-electron chi connectivity index (χ4n) is 2.27. The van der Waals surface area contributed by atoms with Gasteiger partial charge in [-0.2, -0.15) is 0 Å². The van der Waals surface area contributed by atoms with Gasteiger partial charge in [-0.3, -0.25) is 0 Å². The van der Waals surface area contributed by atoms with Crippen LogP contribution >= 0.6 is 35.7 Å². The monoisotopic (exact) mass is 495 g/mol. The Morgan fingerprint density at radius 3 is 2.65 bits per heavy atom. The molecule has 150 valence electrons. The second-order valence-corrected chi connectivity index (χ2v) is 6.60. The molecule has 5 nitrogen and oxygen atoms in total. The van der Waals surface area contributed by atoms with E-state index in [1.54, 1.807) is 18.9 Å². The summed E-state index contributed by atoms with van der Waals surface area (Å²) >= 11 is 1.77. The summed E-state index contributed by atoms with van der Waals surface area (Å²) in [6.07, 6.45) is 4.20. The first-order valence-electron chi connectivity index (χ1n) is 8.93. The molecule has 0 saturated heterocycles. The van der Waals surface area contributed by atoms with E-state index in [2.05, 4.69) is 48.9 Å². The van der Waals surface area contributed by atoms with Gasteiger partial charge in [-0.1, -0.05) is 12.1 Å². The minimum Gasteiger partial charge on any atom is -0.382 e. The molecule has 26 heavy (non-hydrogen) atoms. The van der Waals surface area contributed by atoms with Crippen molar-refractivity contribution in [1.29, 1.82) is 0 Å². The Kier molecular flexibility index (Phi) is 16.3. The highest BCUT2D eigenvalue weighted by Crippen LogP contribution is 2.22. The zero-order chi connectivity index (χ0) is 18.3. The third-order valence-corrected chi connectivity index (χ3v) is 4.45. The summed E-state index contributed by atoms with van der Waals surface area (Å²) in [6.45, 7) is 8.75. The van der Waals surface area contributed by atoms with Crippen molar-refractivity contribution >= 4 is 41.7 Å². The first kappa shape index (κ1) is 25.5. The average Bonchev–Trinajstić information content (AvgIpc) is 2.62. The second-order valence-electron chi connectivity index (χ2n) is 5.75. The van der Waals surface area contributed by atoms with Crippen molar-refractivity contribution in [1.82, 2.24) is 10.6 Å². The van der Waals surface area contributed by atoms with Crippen LogP contribution in [-0.2, 0) is 16.0 Å². The zero-order valence-corrected chi connectivity index (χ0v) is 19.6. The number of hydrogen-bond donors (Lipinski definition) is 2. The lowest BCUT2D eigenvalue weighted by Gasteiger charge is -2.12. The lowest BCUT2D eigenvalue weighted by molar-refractivity contribution is 0.0689. The molecular weight excluding hydrogens is 461 g/mol. The van der Waals surface area contributed by atoms with E-state index in [-0.39, 0.29) is 24.0 Å². The number of guanidine groups is 1. The lowest BCUT2D eigenvalue weighted by atomic mass is 10.1. The van der Waals surface area contributed by atoms with E-state index in [9.17, 15) is 0 Å². The molecule has 1 rings (SSSR count). The molecule has 0 heterocycles. The van der Waals surface area contributed by atoms with E-state index >= 15 is 0 Å². The quantitative estimate of drug-likeness (QED) is 0.152. The van der Waals surface area contributed by atoms with Gasteiger partial charge in [0.05, 0.1) is 19.8 Å². The summed E-state index contributed by atoms with van der Waals surface area (Å²) < 4.78 is 10.4. The topological polar surface area (TPSA) is 54.9 Å². The first-order valence-corrected chi connectivity index (χ1v) is 10.2. The molecular formula is C19H34IN3O2S. The molecule has 1 aromatic rings. The average molecular weight is 495 g/mol. The molecule has 0 bridgehead atoms. The molecule has 2 N–H and O–H groups in total. The van der Waals surface area contributed by atoms with Crippen molar-refractivity contribution in [2.75, 3.05) is 46.3 Å². The molecule has 0 amide bonds. The summed E-state index contributed by atoms with van der Waals surface area (Å²) in [4.78, 5) is 6.01. The van der Waals surface area contributed by atoms with Crippen LogP contribution in [-0.4, -0.2) is 52.2 Å².